The number of hydrogen-bond donors (Lipinski definition) is 1. The summed E-state index contributed by atoms with van der Waals surface area (Å²) in [4.78, 5) is 48.7. The number of rotatable bonds is 15. The van der Waals surface area contributed by atoms with Crippen LogP contribution in [0.5, 0.6) is 11.5 Å². The maximum absolute atomic E-state index is 12.5. The molecule has 220 valence electrons. The lowest BCUT2D eigenvalue weighted by molar-refractivity contribution is -0.160. The highest BCUT2D eigenvalue weighted by Crippen LogP contribution is 2.30. The van der Waals surface area contributed by atoms with Crippen LogP contribution >= 0.6 is 0 Å². The smallest absolute Gasteiger partial charge is 0.462 e. The Morgan fingerprint density at radius 3 is 1.79 bits per heavy atom. The third kappa shape index (κ3) is 13.3. The van der Waals surface area contributed by atoms with E-state index in [9.17, 15) is 19.2 Å². The van der Waals surface area contributed by atoms with Gasteiger partial charge in [-0.2, -0.15) is 0 Å². The fourth-order valence-corrected chi connectivity index (χ4v) is 3.35. The predicted molar refractivity (Wildman–Crippen MR) is 142 cm³/mol. The lowest BCUT2D eigenvalue weighted by Gasteiger charge is -2.18. The first-order valence-electron chi connectivity index (χ1n) is 13.4. The summed E-state index contributed by atoms with van der Waals surface area (Å²) in [5, 5.41) is 0. The second-order valence-corrected chi connectivity index (χ2v) is 9.76. The van der Waals surface area contributed by atoms with E-state index in [0.717, 1.165) is 12.8 Å². The fourth-order valence-electron chi connectivity index (χ4n) is 3.35. The molecular weight excluding hydrogens is 510 g/mol. The number of hydrogen-bond acceptors (Lipinski definition) is 11. The molecule has 0 heterocycles. The minimum atomic E-state index is -1.07. The van der Waals surface area contributed by atoms with E-state index in [0.29, 0.717) is 18.4 Å². The molecule has 11 heteroatoms. The Kier molecular flexibility index (Phi) is 14.9. The summed E-state index contributed by atoms with van der Waals surface area (Å²) in [6, 6.07) is 3.33. The summed E-state index contributed by atoms with van der Waals surface area (Å²) in [7, 11) is 0. The molecule has 2 unspecified atom stereocenters. The van der Waals surface area contributed by atoms with Crippen LogP contribution in [0.2, 0.25) is 0 Å². The molecule has 0 aliphatic carbocycles. The highest BCUT2D eigenvalue weighted by molar-refractivity contribution is 5.76. The zero-order chi connectivity index (χ0) is 29.5. The van der Waals surface area contributed by atoms with Gasteiger partial charge in [0, 0.05) is 0 Å². The number of benzene rings is 1. The molecule has 4 atom stereocenters. The van der Waals surface area contributed by atoms with Crippen LogP contribution in [0.15, 0.2) is 18.2 Å². The minimum Gasteiger partial charge on any atom is -0.462 e. The Labute approximate surface area is 230 Å². The molecule has 0 aromatic heterocycles. The number of ether oxygens (including phenoxy) is 6. The summed E-state index contributed by atoms with van der Waals surface area (Å²) in [6.07, 6.45) is -0.386. The van der Waals surface area contributed by atoms with Gasteiger partial charge >= 0.3 is 24.2 Å². The molecule has 1 aromatic carbocycles. The normalized spacial score (nSPS) is 14.0. The van der Waals surface area contributed by atoms with Crippen molar-refractivity contribution in [2.45, 2.75) is 105 Å². The standard InChI is InChI=1S/C28H43NO10/c1-8-10-18(5)36-27(32)38-23-13-12-21(15-24(23)39-28(33)37-19(6)11-9-2)14-22(29)26(31)35-20(7)16-34-25(30)17(3)4/h12-13,15,17-20,22H,8-11,14,16,29H2,1-7H3/t18?,19?,20-,22-/m0/s1. The SMILES string of the molecule is CCCC(C)OC(=O)Oc1ccc(C[C@H](N)C(=O)O[C@@H](C)COC(=O)C(C)C)cc1OC(=O)OC(C)CCC. The lowest BCUT2D eigenvalue weighted by atomic mass is 10.1. The second-order valence-electron chi connectivity index (χ2n) is 9.76. The molecule has 1 rings (SSSR count). The quantitative estimate of drug-likeness (QED) is 0.176. The van der Waals surface area contributed by atoms with Gasteiger partial charge in [-0.1, -0.05) is 46.6 Å². The minimum absolute atomic E-state index is 0.0211. The van der Waals surface area contributed by atoms with E-state index in [1.807, 2.05) is 13.8 Å². The van der Waals surface area contributed by atoms with Gasteiger partial charge in [-0.15, -0.1) is 0 Å². The lowest BCUT2D eigenvalue weighted by Crippen LogP contribution is -2.37. The molecule has 2 N–H and O–H groups in total. The molecule has 0 radical (unpaired) electrons. The Morgan fingerprint density at radius 1 is 0.744 bits per heavy atom. The molecule has 1 aromatic rings. The predicted octanol–water partition coefficient (Wildman–Crippen LogP) is 5.10. The molecule has 0 spiro atoms. The zero-order valence-electron chi connectivity index (χ0n) is 24.0. The van der Waals surface area contributed by atoms with Crippen molar-refractivity contribution in [3.63, 3.8) is 0 Å². The van der Waals surface area contributed by atoms with Crippen LogP contribution in [0.4, 0.5) is 9.59 Å². The molecule has 0 fully saturated rings. The van der Waals surface area contributed by atoms with Crippen molar-refractivity contribution in [3.05, 3.63) is 23.8 Å². The summed E-state index contributed by atoms with van der Waals surface area (Å²) in [5.74, 6) is -1.57. The summed E-state index contributed by atoms with van der Waals surface area (Å²) in [6.45, 7) is 12.3. The van der Waals surface area contributed by atoms with Gasteiger partial charge in [-0.05, 0) is 57.7 Å². The van der Waals surface area contributed by atoms with Crippen LogP contribution < -0.4 is 15.2 Å². The molecule has 0 amide bonds. The molecular formula is C28H43NO10. The summed E-state index contributed by atoms with van der Waals surface area (Å²) < 4.78 is 31.4. The van der Waals surface area contributed by atoms with Gasteiger partial charge in [-0.3, -0.25) is 9.59 Å². The third-order valence-corrected chi connectivity index (χ3v) is 5.39. The molecule has 0 saturated carbocycles. The highest BCUT2D eigenvalue weighted by atomic mass is 16.7. The third-order valence-electron chi connectivity index (χ3n) is 5.39. The van der Waals surface area contributed by atoms with Gasteiger partial charge < -0.3 is 34.2 Å². The van der Waals surface area contributed by atoms with Crippen LogP contribution in [0.3, 0.4) is 0 Å². The number of carbonyl (C=O) groups excluding carboxylic acids is 4. The second kappa shape index (κ2) is 17.3. The molecule has 0 aliphatic heterocycles. The maximum Gasteiger partial charge on any atom is 0.514 e. The largest absolute Gasteiger partial charge is 0.514 e. The van der Waals surface area contributed by atoms with Crippen LogP contribution in [0, 0.1) is 5.92 Å². The van der Waals surface area contributed by atoms with Crippen LogP contribution in [0.25, 0.3) is 0 Å². The first kappa shape index (κ1) is 33.7. The van der Waals surface area contributed by atoms with Crippen molar-refractivity contribution in [1.82, 2.24) is 0 Å². The van der Waals surface area contributed by atoms with E-state index in [2.05, 4.69) is 0 Å². The number of carbonyl (C=O) groups is 4. The van der Waals surface area contributed by atoms with Gasteiger partial charge in [0.05, 0.1) is 5.92 Å². The average molecular weight is 554 g/mol. The van der Waals surface area contributed by atoms with Crippen molar-refractivity contribution in [2.75, 3.05) is 6.61 Å². The summed E-state index contributed by atoms with van der Waals surface area (Å²) in [5.41, 5.74) is 6.54. The van der Waals surface area contributed by atoms with Crippen LogP contribution in [-0.4, -0.2) is 55.2 Å². The summed E-state index contributed by atoms with van der Waals surface area (Å²) >= 11 is 0. The van der Waals surface area contributed by atoms with Crippen LogP contribution in [0.1, 0.15) is 79.7 Å². The van der Waals surface area contributed by atoms with E-state index in [4.69, 9.17) is 34.2 Å². The van der Waals surface area contributed by atoms with E-state index >= 15 is 0 Å². The van der Waals surface area contributed by atoms with Crippen LogP contribution in [-0.2, 0) is 35.0 Å². The van der Waals surface area contributed by atoms with Crippen molar-refractivity contribution < 1.29 is 47.6 Å². The number of esters is 2. The Hall–Kier alpha value is -3.34. The van der Waals surface area contributed by atoms with Gasteiger partial charge in [0.1, 0.15) is 31.0 Å². The zero-order valence-corrected chi connectivity index (χ0v) is 24.0. The maximum atomic E-state index is 12.5. The van der Waals surface area contributed by atoms with Crippen molar-refractivity contribution in [3.8, 4) is 11.5 Å². The fraction of sp³-hybridized carbons (Fsp3) is 0.643. The first-order chi connectivity index (χ1) is 18.4. The Bertz CT molecular complexity index is 948. The molecule has 0 bridgehead atoms. The van der Waals surface area contributed by atoms with E-state index in [1.165, 1.54) is 12.1 Å². The molecule has 39 heavy (non-hydrogen) atoms. The van der Waals surface area contributed by atoms with Crippen molar-refractivity contribution in [1.29, 1.82) is 0 Å². The van der Waals surface area contributed by atoms with Gasteiger partial charge in [0.25, 0.3) is 0 Å². The monoisotopic (exact) mass is 553 g/mol. The average Bonchev–Trinajstić information content (AvgIpc) is 2.83. The van der Waals surface area contributed by atoms with Crippen molar-refractivity contribution >= 4 is 24.2 Å². The van der Waals surface area contributed by atoms with E-state index < -0.39 is 36.4 Å². The van der Waals surface area contributed by atoms with Gasteiger partial charge in [0.15, 0.2) is 11.5 Å². The van der Waals surface area contributed by atoms with Crippen molar-refractivity contribution in [2.24, 2.45) is 11.7 Å². The van der Waals surface area contributed by atoms with E-state index in [-0.39, 0.29) is 42.7 Å². The topological polar surface area (TPSA) is 150 Å². The molecule has 0 aliphatic rings. The van der Waals surface area contributed by atoms with Gasteiger partial charge in [0.2, 0.25) is 0 Å². The molecule has 11 nitrogen and oxygen atoms in total. The van der Waals surface area contributed by atoms with Gasteiger partial charge in [-0.25, -0.2) is 9.59 Å². The first-order valence-corrected chi connectivity index (χ1v) is 13.4. The molecule has 0 saturated heterocycles. The highest BCUT2D eigenvalue weighted by Gasteiger charge is 2.23. The number of nitrogens with two attached hydrogens (primary N) is 1. The Balaban J connectivity index is 2.95. The Morgan fingerprint density at radius 2 is 1.28 bits per heavy atom. The van der Waals surface area contributed by atoms with E-state index in [1.54, 1.807) is 40.7 Å².